The molecule has 1 atom stereocenters. The fourth-order valence-electron chi connectivity index (χ4n) is 2.47. The molecule has 1 heterocycles. The van der Waals surface area contributed by atoms with E-state index in [1.165, 1.54) is 0 Å². The summed E-state index contributed by atoms with van der Waals surface area (Å²) >= 11 is 6.02. The molecule has 1 aromatic rings. The number of benzene rings is 1. The van der Waals surface area contributed by atoms with Gasteiger partial charge in [-0.1, -0.05) is 17.7 Å². The Morgan fingerprint density at radius 2 is 2.17 bits per heavy atom. The molecule has 6 nitrogen and oxygen atoms in total. The molecule has 0 unspecified atom stereocenters. The third-order valence-corrected chi connectivity index (χ3v) is 4.38. The zero-order valence-electron chi connectivity index (χ0n) is 13.5. The lowest BCUT2D eigenvalue weighted by atomic mass is 10.2. The molecular weight excluding hydrogens is 316 g/mol. The van der Waals surface area contributed by atoms with Crippen LogP contribution in [0.1, 0.15) is 12.5 Å². The van der Waals surface area contributed by atoms with Crippen LogP contribution in [0.3, 0.4) is 0 Å². The number of hydrogen-bond donors (Lipinski definition) is 3. The van der Waals surface area contributed by atoms with Crippen molar-refractivity contribution in [3.63, 3.8) is 0 Å². The number of hydrogen-bond acceptors (Lipinski definition) is 4. The van der Waals surface area contributed by atoms with Gasteiger partial charge in [-0.3, -0.25) is 14.5 Å². The normalized spacial score (nSPS) is 18.5. The quantitative estimate of drug-likeness (QED) is 0.749. The Morgan fingerprint density at radius 3 is 2.91 bits per heavy atom. The highest BCUT2D eigenvalue weighted by molar-refractivity contribution is 6.31. The summed E-state index contributed by atoms with van der Waals surface area (Å²) < 4.78 is 0. The molecule has 1 fully saturated rings. The van der Waals surface area contributed by atoms with Crippen molar-refractivity contribution < 1.29 is 9.59 Å². The molecule has 0 saturated carbocycles. The predicted octanol–water partition coefficient (Wildman–Crippen LogP) is 0.997. The van der Waals surface area contributed by atoms with Gasteiger partial charge in [0.15, 0.2) is 0 Å². The van der Waals surface area contributed by atoms with Gasteiger partial charge in [0.1, 0.15) is 0 Å². The van der Waals surface area contributed by atoms with Gasteiger partial charge in [0, 0.05) is 36.4 Å². The number of piperazine rings is 1. The van der Waals surface area contributed by atoms with Gasteiger partial charge in [-0.2, -0.15) is 0 Å². The fourth-order valence-corrected chi connectivity index (χ4v) is 2.65. The zero-order valence-corrected chi connectivity index (χ0v) is 14.2. The van der Waals surface area contributed by atoms with Crippen molar-refractivity contribution in [2.24, 2.45) is 0 Å². The highest BCUT2D eigenvalue weighted by Gasteiger charge is 2.20. The lowest BCUT2D eigenvalue weighted by Crippen LogP contribution is -2.53. The smallest absolute Gasteiger partial charge is 0.243 e. The van der Waals surface area contributed by atoms with E-state index in [-0.39, 0.29) is 18.4 Å². The number of carbonyl (C=O) groups is 2. The first kappa shape index (κ1) is 17.7. The fraction of sp³-hybridized carbons (Fsp3) is 0.500. The zero-order chi connectivity index (χ0) is 16.8. The van der Waals surface area contributed by atoms with E-state index in [9.17, 15) is 9.59 Å². The Labute approximate surface area is 141 Å². The van der Waals surface area contributed by atoms with Gasteiger partial charge in [0.05, 0.1) is 13.1 Å². The van der Waals surface area contributed by atoms with Crippen LogP contribution in [0.15, 0.2) is 18.2 Å². The largest absolute Gasteiger partial charge is 0.346 e. The van der Waals surface area contributed by atoms with Crippen LogP contribution < -0.4 is 16.0 Å². The van der Waals surface area contributed by atoms with E-state index in [0.29, 0.717) is 23.3 Å². The minimum absolute atomic E-state index is 0.0503. The van der Waals surface area contributed by atoms with Crippen LogP contribution in [0.2, 0.25) is 5.02 Å². The van der Waals surface area contributed by atoms with Gasteiger partial charge in [0.25, 0.3) is 0 Å². The number of amides is 2. The van der Waals surface area contributed by atoms with E-state index in [0.717, 1.165) is 25.2 Å². The van der Waals surface area contributed by atoms with Crippen molar-refractivity contribution in [1.29, 1.82) is 0 Å². The standard InChI is InChI=1S/C16H23ClN4O2/c1-11-8-18-6-7-21(11)10-16(23)19-9-15(22)20-14-5-3-4-13(17)12(14)2/h3-5,11,18H,6-10H2,1-2H3,(H,19,23)(H,20,22)/t11-/m0/s1. The number of carbonyl (C=O) groups excluding carboxylic acids is 2. The van der Waals surface area contributed by atoms with E-state index in [1.54, 1.807) is 18.2 Å². The number of anilines is 1. The van der Waals surface area contributed by atoms with E-state index >= 15 is 0 Å². The molecule has 0 spiro atoms. The Hall–Kier alpha value is -1.63. The number of halogens is 1. The van der Waals surface area contributed by atoms with E-state index in [4.69, 9.17) is 11.6 Å². The van der Waals surface area contributed by atoms with Crippen LogP contribution in [0.25, 0.3) is 0 Å². The summed E-state index contributed by atoms with van der Waals surface area (Å²) in [5.74, 6) is -0.409. The number of rotatable bonds is 5. The third kappa shape index (κ3) is 5.20. The van der Waals surface area contributed by atoms with Crippen LogP contribution in [0, 0.1) is 6.92 Å². The summed E-state index contributed by atoms with van der Waals surface area (Å²) in [5.41, 5.74) is 1.47. The third-order valence-electron chi connectivity index (χ3n) is 3.97. The maximum atomic E-state index is 12.0. The van der Waals surface area contributed by atoms with Crippen molar-refractivity contribution >= 4 is 29.1 Å². The summed E-state index contributed by atoms with van der Waals surface area (Å²) in [6.45, 7) is 6.77. The van der Waals surface area contributed by atoms with E-state index in [2.05, 4.69) is 27.8 Å². The second kappa shape index (κ2) is 8.29. The summed E-state index contributed by atoms with van der Waals surface area (Å²) in [6.07, 6.45) is 0. The molecule has 0 bridgehead atoms. The minimum Gasteiger partial charge on any atom is -0.346 e. The highest BCUT2D eigenvalue weighted by Crippen LogP contribution is 2.22. The van der Waals surface area contributed by atoms with Crippen molar-refractivity contribution in [3.8, 4) is 0 Å². The molecule has 2 amide bonds. The molecule has 1 aromatic carbocycles. The minimum atomic E-state index is -0.267. The number of nitrogens with zero attached hydrogens (tertiary/aromatic N) is 1. The van der Waals surface area contributed by atoms with Gasteiger partial charge in [-0.05, 0) is 31.5 Å². The summed E-state index contributed by atoms with van der Waals surface area (Å²) in [7, 11) is 0. The van der Waals surface area contributed by atoms with Crippen molar-refractivity contribution in [2.45, 2.75) is 19.9 Å². The first-order chi connectivity index (χ1) is 11.0. The molecule has 7 heteroatoms. The summed E-state index contributed by atoms with van der Waals surface area (Å²) in [6, 6.07) is 5.64. The van der Waals surface area contributed by atoms with Crippen LogP contribution in [0.4, 0.5) is 5.69 Å². The summed E-state index contributed by atoms with van der Waals surface area (Å²) in [4.78, 5) is 26.0. The molecule has 0 radical (unpaired) electrons. The van der Waals surface area contributed by atoms with Crippen LogP contribution in [0.5, 0.6) is 0 Å². The van der Waals surface area contributed by atoms with E-state index in [1.807, 2.05) is 6.92 Å². The maximum absolute atomic E-state index is 12.0. The average Bonchev–Trinajstić information content (AvgIpc) is 2.52. The first-order valence-corrected chi connectivity index (χ1v) is 8.11. The molecule has 1 aliphatic rings. The Bertz CT molecular complexity index is 579. The van der Waals surface area contributed by atoms with Gasteiger partial charge >= 0.3 is 0 Å². The van der Waals surface area contributed by atoms with Gasteiger partial charge < -0.3 is 16.0 Å². The van der Waals surface area contributed by atoms with Crippen molar-refractivity contribution in [1.82, 2.24) is 15.5 Å². The van der Waals surface area contributed by atoms with Crippen molar-refractivity contribution in [2.75, 3.05) is 38.0 Å². The Morgan fingerprint density at radius 1 is 1.39 bits per heavy atom. The molecule has 0 aliphatic carbocycles. The highest BCUT2D eigenvalue weighted by atomic mass is 35.5. The van der Waals surface area contributed by atoms with Crippen LogP contribution >= 0.6 is 11.6 Å². The molecule has 1 saturated heterocycles. The maximum Gasteiger partial charge on any atom is 0.243 e. The second-order valence-electron chi connectivity index (χ2n) is 5.76. The molecular formula is C16H23ClN4O2. The second-order valence-corrected chi connectivity index (χ2v) is 6.17. The monoisotopic (exact) mass is 338 g/mol. The first-order valence-electron chi connectivity index (χ1n) is 7.74. The summed E-state index contributed by atoms with van der Waals surface area (Å²) in [5, 5.41) is 9.29. The topological polar surface area (TPSA) is 73.5 Å². The molecule has 23 heavy (non-hydrogen) atoms. The molecule has 2 rings (SSSR count). The SMILES string of the molecule is Cc1c(Cl)cccc1NC(=O)CNC(=O)CN1CCNC[C@@H]1C. The van der Waals surface area contributed by atoms with Gasteiger partial charge in [0.2, 0.25) is 11.8 Å². The Kier molecular flexibility index (Phi) is 6.38. The lowest BCUT2D eigenvalue weighted by molar-refractivity contribution is -0.125. The van der Waals surface area contributed by atoms with Gasteiger partial charge in [-0.25, -0.2) is 0 Å². The predicted molar refractivity (Wildman–Crippen MR) is 91.7 cm³/mol. The molecule has 0 aromatic heterocycles. The van der Waals surface area contributed by atoms with Gasteiger partial charge in [-0.15, -0.1) is 0 Å². The average molecular weight is 339 g/mol. The molecule has 1 aliphatic heterocycles. The van der Waals surface area contributed by atoms with E-state index < -0.39 is 0 Å². The lowest BCUT2D eigenvalue weighted by Gasteiger charge is -2.33. The molecule has 3 N–H and O–H groups in total. The van der Waals surface area contributed by atoms with Crippen LogP contribution in [-0.2, 0) is 9.59 Å². The van der Waals surface area contributed by atoms with Crippen molar-refractivity contribution in [3.05, 3.63) is 28.8 Å². The molecule has 126 valence electrons. The van der Waals surface area contributed by atoms with Crippen LogP contribution in [-0.4, -0.2) is 55.5 Å². The number of nitrogens with one attached hydrogen (secondary N) is 3. The Balaban J connectivity index is 1.77.